The third kappa shape index (κ3) is 3.17. The zero-order valence-electron chi connectivity index (χ0n) is 17.1. The van der Waals surface area contributed by atoms with Crippen LogP contribution >= 0.6 is 0 Å². The number of fused-ring (bicyclic) bond motifs is 2. The molecule has 0 atom stereocenters. The molecular weight excluding hydrogens is 435 g/mol. The van der Waals surface area contributed by atoms with E-state index in [9.17, 15) is 32.3 Å². The molecule has 12 heteroatoms. The highest BCUT2D eigenvalue weighted by Crippen LogP contribution is 2.41. The van der Waals surface area contributed by atoms with Gasteiger partial charge in [-0.1, -0.05) is 0 Å². The summed E-state index contributed by atoms with van der Waals surface area (Å²) in [6, 6.07) is 0.117. The summed E-state index contributed by atoms with van der Waals surface area (Å²) < 4.78 is 53.7. The second kappa shape index (κ2) is 7.84. The fourth-order valence-corrected chi connectivity index (χ4v) is 3.77. The number of benzene rings is 1. The van der Waals surface area contributed by atoms with Crippen molar-refractivity contribution in [1.82, 2.24) is 14.6 Å². The Bertz CT molecular complexity index is 1220. The van der Waals surface area contributed by atoms with Crippen LogP contribution in [0.2, 0.25) is 0 Å². The Morgan fingerprint density at radius 3 is 2.25 bits per heavy atom. The maximum Gasteiger partial charge on any atom is 0.436 e. The standard InChI is InChI=1S/C20H18F3N3O6/c1-3-31-19(29)24-8-12-13(18(28)26(24)20(30)32-4-2)17(27)10-7-11(21)14(22)15(23)16(10)25(12)9-5-6-9/h7,9H,3-6,8H2,1-2H3. The number of hydrazine groups is 1. The molecule has 170 valence electrons. The Kier molecular flexibility index (Phi) is 5.31. The van der Waals surface area contributed by atoms with E-state index < -0.39 is 70.0 Å². The maximum absolute atomic E-state index is 14.8. The Labute approximate surface area is 178 Å². The van der Waals surface area contributed by atoms with Crippen LogP contribution in [0.1, 0.15) is 48.8 Å². The Morgan fingerprint density at radius 1 is 1.03 bits per heavy atom. The third-order valence-electron chi connectivity index (χ3n) is 5.21. The number of carbonyl (C=O) groups is 3. The fraction of sp³-hybridized carbons (Fsp3) is 0.400. The maximum atomic E-state index is 14.8. The van der Waals surface area contributed by atoms with Crippen molar-refractivity contribution in [2.45, 2.75) is 39.3 Å². The predicted molar refractivity (Wildman–Crippen MR) is 102 cm³/mol. The van der Waals surface area contributed by atoms with Crippen LogP contribution in [-0.2, 0) is 16.0 Å². The molecule has 1 aromatic heterocycles. The smallest absolute Gasteiger partial charge is 0.436 e. The third-order valence-corrected chi connectivity index (χ3v) is 5.21. The lowest BCUT2D eigenvalue weighted by Crippen LogP contribution is -2.57. The number of hydrogen-bond acceptors (Lipinski definition) is 6. The highest BCUT2D eigenvalue weighted by atomic mass is 19.2. The van der Waals surface area contributed by atoms with Gasteiger partial charge in [0.1, 0.15) is 5.56 Å². The van der Waals surface area contributed by atoms with Crippen LogP contribution in [0.25, 0.3) is 10.9 Å². The van der Waals surface area contributed by atoms with Crippen molar-refractivity contribution in [3.63, 3.8) is 0 Å². The average Bonchev–Trinajstić information content (AvgIpc) is 3.58. The zero-order valence-corrected chi connectivity index (χ0v) is 17.1. The second-order valence-corrected chi connectivity index (χ2v) is 7.21. The number of halogens is 3. The fourth-order valence-electron chi connectivity index (χ4n) is 3.77. The van der Waals surface area contributed by atoms with Crippen LogP contribution in [0, 0.1) is 17.5 Å². The van der Waals surface area contributed by atoms with Gasteiger partial charge in [0.05, 0.1) is 36.4 Å². The van der Waals surface area contributed by atoms with Crippen molar-refractivity contribution in [3.8, 4) is 0 Å². The summed E-state index contributed by atoms with van der Waals surface area (Å²) in [6.45, 7) is 2.24. The van der Waals surface area contributed by atoms with Crippen LogP contribution in [0.15, 0.2) is 10.9 Å². The van der Waals surface area contributed by atoms with Gasteiger partial charge < -0.3 is 14.0 Å². The van der Waals surface area contributed by atoms with E-state index in [2.05, 4.69) is 0 Å². The summed E-state index contributed by atoms with van der Waals surface area (Å²) in [4.78, 5) is 51.3. The molecule has 0 unspecified atom stereocenters. The number of nitrogens with zero attached hydrogens (tertiary/aromatic N) is 3. The quantitative estimate of drug-likeness (QED) is 0.662. The highest BCUT2D eigenvalue weighted by molar-refractivity contribution is 6.07. The van der Waals surface area contributed by atoms with Crippen LogP contribution in [-0.4, -0.2) is 45.9 Å². The molecule has 0 saturated heterocycles. The molecule has 0 radical (unpaired) electrons. The molecule has 2 aromatic rings. The van der Waals surface area contributed by atoms with E-state index in [1.807, 2.05) is 0 Å². The van der Waals surface area contributed by atoms with E-state index in [1.54, 1.807) is 0 Å². The van der Waals surface area contributed by atoms with Crippen molar-refractivity contribution in [1.29, 1.82) is 0 Å². The average molecular weight is 453 g/mol. The number of amides is 3. The second-order valence-electron chi connectivity index (χ2n) is 7.21. The zero-order chi connectivity index (χ0) is 23.3. The van der Waals surface area contributed by atoms with Crippen molar-refractivity contribution in [2.24, 2.45) is 0 Å². The van der Waals surface area contributed by atoms with E-state index in [-0.39, 0.29) is 18.9 Å². The van der Waals surface area contributed by atoms with Crippen LogP contribution in [0.3, 0.4) is 0 Å². The van der Waals surface area contributed by atoms with E-state index in [1.165, 1.54) is 18.4 Å². The summed E-state index contributed by atoms with van der Waals surface area (Å²) in [6.07, 6.45) is -1.26. The normalized spacial score (nSPS) is 15.7. The first-order chi connectivity index (χ1) is 15.2. The lowest BCUT2D eigenvalue weighted by Gasteiger charge is -2.36. The molecule has 1 aliphatic heterocycles. The van der Waals surface area contributed by atoms with E-state index in [4.69, 9.17) is 9.47 Å². The van der Waals surface area contributed by atoms with Gasteiger partial charge in [0.2, 0.25) is 5.43 Å². The summed E-state index contributed by atoms with van der Waals surface area (Å²) in [5, 5.41) is 0.410. The predicted octanol–water partition coefficient (Wildman–Crippen LogP) is 3.24. The number of pyridine rings is 1. The molecule has 3 amide bonds. The summed E-state index contributed by atoms with van der Waals surface area (Å²) >= 11 is 0. The molecule has 1 aromatic carbocycles. The molecule has 2 heterocycles. The van der Waals surface area contributed by atoms with Crippen LogP contribution < -0.4 is 5.43 Å². The minimum atomic E-state index is -1.76. The topological polar surface area (TPSA) is 98.1 Å². The van der Waals surface area contributed by atoms with Gasteiger partial charge in [0.15, 0.2) is 17.5 Å². The van der Waals surface area contributed by atoms with Crippen molar-refractivity contribution in [2.75, 3.05) is 13.2 Å². The lowest BCUT2D eigenvalue weighted by atomic mass is 10.0. The Hall–Kier alpha value is -3.57. The van der Waals surface area contributed by atoms with Crippen molar-refractivity contribution < 1.29 is 37.0 Å². The molecule has 1 fully saturated rings. The van der Waals surface area contributed by atoms with Crippen LogP contribution in [0.5, 0.6) is 0 Å². The molecule has 0 bridgehead atoms. The minimum Gasteiger partial charge on any atom is -0.448 e. The summed E-state index contributed by atoms with van der Waals surface area (Å²) in [7, 11) is 0. The molecule has 32 heavy (non-hydrogen) atoms. The molecule has 4 rings (SSSR count). The van der Waals surface area contributed by atoms with E-state index in [0.717, 1.165) is 0 Å². The minimum absolute atomic E-state index is 0.0840. The first-order valence-electron chi connectivity index (χ1n) is 9.92. The van der Waals surface area contributed by atoms with Crippen molar-refractivity contribution in [3.05, 3.63) is 45.0 Å². The SMILES string of the molecule is CCOC(=O)N1Cc2c(c(=O)c3cc(F)c(F)c(F)c3n2C2CC2)C(=O)N1C(=O)OCC. The van der Waals surface area contributed by atoms with E-state index in [0.29, 0.717) is 28.9 Å². The van der Waals surface area contributed by atoms with Gasteiger partial charge in [-0.15, -0.1) is 5.01 Å². The molecule has 1 aliphatic carbocycles. The van der Waals surface area contributed by atoms with E-state index >= 15 is 0 Å². The molecule has 9 nitrogen and oxygen atoms in total. The first-order valence-corrected chi connectivity index (χ1v) is 9.92. The van der Waals surface area contributed by atoms with Gasteiger partial charge in [0, 0.05) is 6.04 Å². The van der Waals surface area contributed by atoms with Gasteiger partial charge >= 0.3 is 12.2 Å². The van der Waals surface area contributed by atoms with Crippen LogP contribution in [0.4, 0.5) is 22.8 Å². The number of hydrogen-bond donors (Lipinski definition) is 0. The number of ether oxygens (including phenoxy) is 2. The molecule has 2 aliphatic rings. The van der Waals surface area contributed by atoms with Crippen molar-refractivity contribution >= 4 is 29.0 Å². The number of carbonyl (C=O) groups excluding carboxylic acids is 3. The van der Waals surface area contributed by atoms with Gasteiger partial charge in [-0.05, 0) is 32.8 Å². The molecule has 0 spiro atoms. The number of aromatic nitrogens is 1. The number of imide groups is 1. The lowest BCUT2D eigenvalue weighted by molar-refractivity contribution is -0.0210. The molecule has 0 N–H and O–H groups in total. The Morgan fingerprint density at radius 2 is 1.66 bits per heavy atom. The van der Waals surface area contributed by atoms with Gasteiger partial charge in [-0.25, -0.2) is 22.8 Å². The van der Waals surface area contributed by atoms with Gasteiger partial charge in [0.25, 0.3) is 5.91 Å². The van der Waals surface area contributed by atoms with Gasteiger partial charge in [-0.2, -0.15) is 5.01 Å². The molecule has 1 saturated carbocycles. The summed E-state index contributed by atoms with van der Waals surface area (Å²) in [5.41, 5.74) is -2.25. The first kappa shape index (κ1) is 21.7. The summed E-state index contributed by atoms with van der Waals surface area (Å²) in [5.74, 6) is -6.14. The largest absolute Gasteiger partial charge is 0.448 e. The highest BCUT2D eigenvalue weighted by Gasteiger charge is 2.45. The molecular formula is C20H18F3N3O6. The number of rotatable bonds is 3. The Balaban J connectivity index is 2.04. The van der Waals surface area contributed by atoms with Gasteiger partial charge in [-0.3, -0.25) is 9.59 Å². The monoisotopic (exact) mass is 453 g/mol.